The summed E-state index contributed by atoms with van der Waals surface area (Å²) < 4.78 is 11.3. The molecule has 0 saturated heterocycles. The molecule has 0 heterocycles. The van der Waals surface area contributed by atoms with Gasteiger partial charge in [0.2, 0.25) is 5.91 Å². The predicted octanol–water partition coefficient (Wildman–Crippen LogP) is 4.09. The molecule has 0 aromatic heterocycles. The molecule has 1 unspecified atom stereocenters. The van der Waals surface area contributed by atoms with Crippen molar-refractivity contribution in [2.45, 2.75) is 52.7 Å². The highest BCUT2D eigenvalue weighted by Crippen LogP contribution is 2.27. The first kappa shape index (κ1) is 20.3. The van der Waals surface area contributed by atoms with Crippen molar-refractivity contribution < 1.29 is 19.1 Å². The molecular weight excluding hydrogens is 376 g/mol. The Kier molecular flexibility index (Phi) is 7.54. The number of amides is 2. The van der Waals surface area contributed by atoms with Gasteiger partial charge in [-0.2, -0.15) is 0 Å². The summed E-state index contributed by atoms with van der Waals surface area (Å²) in [7, 11) is 0. The van der Waals surface area contributed by atoms with Crippen molar-refractivity contribution in [3.8, 4) is 5.75 Å². The van der Waals surface area contributed by atoms with Crippen molar-refractivity contribution in [2.75, 3.05) is 11.9 Å². The molecular formula is C17H25BrN2O4. The van der Waals surface area contributed by atoms with Crippen LogP contribution in [0.2, 0.25) is 0 Å². The molecule has 0 fully saturated rings. The summed E-state index contributed by atoms with van der Waals surface area (Å²) in [5, 5.41) is 5.44. The maximum atomic E-state index is 12.1. The normalized spacial score (nSPS) is 12.2. The highest BCUT2D eigenvalue weighted by atomic mass is 79.9. The standard InChI is InChI=1S/C17H25BrN2O4/c1-6-23-12-7-8-13(18)14(10-12)20-15(21)9-11(2)19-16(22)24-17(3,4)5/h7-8,10-11H,6,9H2,1-5H3,(H,19,22)(H,20,21). The minimum atomic E-state index is -0.573. The number of carbonyl (C=O) groups is 2. The molecule has 0 radical (unpaired) electrons. The third-order valence-electron chi connectivity index (χ3n) is 2.78. The lowest BCUT2D eigenvalue weighted by molar-refractivity contribution is -0.116. The molecule has 0 saturated carbocycles. The summed E-state index contributed by atoms with van der Waals surface area (Å²) in [6.07, 6.45) is -0.410. The molecule has 0 aliphatic carbocycles. The van der Waals surface area contributed by atoms with Gasteiger partial charge in [0.05, 0.1) is 12.3 Å². The van der Waals surface area contributed by atoms with Gasteiger partial charge >= 0.3 is 6.09 Å². The van der Waals surface area contributed by atoms with Gasteiger partial charge in [-0.1, -0.05) is 0 Å². The van der Waals surface area contributed by atoms with Gasteiger partial charge in [0, 0.05) is 23.0 Å². The molecule has 7 heteroatoms. The number of rotatable bonds is 6. The maximum Gasteiger partial charge on any atom is 0.407 e. The highest BCUT2D eigenvalue weighted by molar-refractivity contribution is 9.10. The summed E-state index contributed by atoms with van der Waals surface area (Å²) in [6.45, 7) is 9.54. The molecule has 2 N–H and O–H groups in total. The van der Waals surface area contributed by atoms with Crippen LogP contribution in [0.3, 0.4) is 0 Å². The highest BCUT2D eigenvalue weighted by Gasteiger charge is 2.19. The topological polar surface area (TPSA) is 76.7 Å². The van der Waals surface area contributed by atoms with Gasteiger partial charge in [0.25, 0.3) is 0 Å². The van der Waals surface area contributed by atoms with E-state index in [0.29, 0.717) is 18.0 Å². The third-order valence-corrected chi connectivity index (χ3v) is 3.47. The van der Waals surface area contributed by atoms with E-state index in [1.807, 2.05) is 19.1 Å². The van der Waals surface area contributed by atoms with Crippen molar-refractivity contribution in [1.29, 1.82) is 0 Å². The van der Waals surface area contributed by atoms with E-state index in [9.17, 15) is 9.59 Å². The van der Waals surface area contributed by atoms with E-state index < -0.39 is 11.7 Å². The molecule has 0 aliphatic rings. The number of benzene rings is 1. The average Bonchev–Trinajstić information content (AvgIpc) is 2.40. The smallest absolute Gasteiger partial charge is 0.407 e. The fourth-order valence-corrected chi connectivity index (χ4v) is 2.24. The first-order chi connectivity index (χ1) is 11.1. The van der Waals surface area contributed by atoms with Crippen LogP contribution in [0, 0.1) is 0 Å². The Balaban J connectivity index is 2.56. The van der Waals surface area contributed by atoms with Crippen LogP contribution in [0.4, 0.5) is 10.5 Å². The molecule has 6 nitrogen and oxygen atoms in total. The van der Waals surface area contributed by atoms with E-state index in [2.05, 4.69) is 26.6 Å². The molecule has 24 heavy (non-hydrogen) atoms. The van der Waals surface area contributed by atoms with Crippen LogP contribution in [0.5, 0.6) is 5.75 Å². The van der Waals surface area contributed by atoms with E-state index in [-0.39, 0.29) is 18.4 Å². The minimum absolute atomic E-state index is 0.130. The number of hydrogen-bond acceptors (Lipinski definition) is 4. The second-order valence-electron chi connectivity index (χ2n) is 6.37. The van der Waals surface area contributed by atoms with Crippen molar-refractivity contribution in [2.24, 2.45) is 0 Å². The van der Waals surface area contributed by atoms with Crippen LogP contribution in [0.25, 0.3) is 0 Å². The monoisotopic (exact) mass is 400 g/mol. The molecule has 0 spiro atoms. The Morgan fingerprint density at radius 3 is 2.54 bits per heavy atom. The van der Waals surface area contributed by atoms with Gasteiger partial charge in [0.1, 0.15) is 11.4 Å². The number of carbonyl (C=O) groups excluding carboxylic acids is 2. The van der Waals surface area contributed by atoms with Crippen molar-refractivity contribution in [3.63, 3.8) is 0 Å². The Morgan fingerprint density at radius 2 is 1.96 bits per heavy atom. The largest absolute Gasteiger partial charge is 0.494 e. The lowest BCUT2D eigenvalue weighted by atomic mass is 10.2. The number of ether oxygens (including phenoxy) is 2. The third kappa shape index (κ3) is 7.68. The predicted molar refractivity (Wildman–Crippen MR) is 97.4 cm³/mol. The Labute approximate surface area is 151 Å². The SMILES string of the molecule is CCOc1ccc(Br)c(NC(=O)CC(C)NC(=O)OC(C)(C)C)c1. The summed E-state index contributed by atoms with van der Waals surface area (Å²) in [4.78, 5) is 23.8. The number of anilines is 1. The van der Waals surface area contributed by atoms with Crippen LogP contribution < -0.4 is 15.4 Å². The molecule has 134 valence electrons. The quantitative estimate of drug-likeness (QED) is 0.753. The van der Waals surface area contributed by atoms with Crippen LogP contribution in [0.15, 0.2) is 22.7 Å². The van der Waals surface area contributed by atoms with Crippen LogP contribution in [-0.4, -0.2) is 30.3 Å². The van der Waals surface area contributed by atoms with Crippen LogP contribution >= 0.6 is 15.9 Å². The maximum absolute atomic E-state index is 12.1. The Bertz CT molecular complexity index is 584. The van der Waals surface area contributed by atoms with Gasteiger partial charge in [0.15, 0.2) is 0 Å². The summed E-state index contributed by atoms with van der Waals surface area (Å²) in [5.74, 6) is 0.462. The molecule has 1 rings (SSSR count). The second kappa shape index (κ2) is 8.92. The van der Waals surface area contributed by atoms with Gasteiger partial charge in [-0.05, 0) is 62.7 Å². The Morgan fingerprint density at radius 1 is 1.29 bits per heavy atom. The number of hydrogen-bond donors (Lipinski definition) is 2. The molecule has 1 aromatic carbocycles. The first-order valence-corrected chi connectivity index (χ1v) is 8.61. The summed E-state index contributed by atoms with van der Waals surface area (Å²) >= 11 is 3.39. The number of halogens is 1. The van der Waals surface area contributed by atoms with Crippen molar-refractivity contribution in [3.05, 3.63) is 22.7 Å². The zero-order valence-electron chi connectivity index (χ0n) is 14.7. The van der Waals surface area contributed by atoms with Crippen LogP contribution in [-0.2, 0) is 9.53 Å². The lowest BCUT2D eigenvalue weighted by Crippen LogP contribution is -2.39. The van der Waals surface area contributed by atoms with Gasteiger partial charge in [-0.15, -0.1) is 0 Å². The zero-order chi connectivity index (χ0) is 18.3. The number of nitrogens with one attached hydrogen (secondary N) is 2. The first-order valence-electron chi connectivity index (χ1n) is 7.82. The lowest BCUT2D eigenvalue weighted by Gasteiger charge is -2.21. The van der Waals surface area contributed by atoms with Crippen molar-refractivity contribution >= 4 is 33.6 Å². The van der Waals surface area contributed by atoms with Crippen LogP contribution in [0.1, 0.15) is 41.0 Å². The molecule has 0 aliphatic heterocycles. The molecule has 1 atom stereocenters. The van der Waals surface area contributed by atoms with E-state index in [4.69, 9.17) is 9.47 Å². The van der Waals surface area contributed by atoms with E-state index in [1.54, 1.807) is 33.8 Å². The van der Waals surface area contributed by atoms with Gasteiger partial charge in [-0.3, -0.25) is 4.79 Å². The second-order valence-corrected chi connectivity index (χ2v) is 7.23. The zero-order valence-corrected chi connectivity index (χ0v) is 16.3. The summed E-state index contributed by atoms with van der Waals surface area (Å²) in [5.41, 5.74) is 0.0480. The fraction of sp³-hybridized carbons (Fsp3) is 0.529. The van der Waals surface area contributed by atoms with E-state index >= 15 is 0 Å². The van der Waals surface area contributed by atoms with Gasteiger partial charge in [-0.25, -0.2) is 4.79 Å². The molecule has 1 aromatic rings. The van der Waals surface area contributed by atoms with Crippen molar-refractivity contribution in [1.82, 2.24) is 5.32 Å². The average molecular weight is 401 g/mol. The molecule has 2 amide bonds. The molecule has 0 bridgehead atoms. The summed E-state index contributed by atoms with van der Waals surface area (Å²) in [6, 6.07) is 5.02. The minimum Gasteiger partial charge on any atom is -0.494 e. The number of alkyl carbamates (subject to hydrolysis) is 1. The van der Waals surface area contributed by atoms with E-state index in [0.717, 1.165) is 4.47 Å². The van der Waals surface area contributed by atoms with Gasteiger partial charge < -0.3 is 20.1 Å². The van der Waals surface area contributed by atoms with E-state index in [1.165, 1.54) is 0 Å². The fourth-order valence-electron chi connectivity index (χ4n) is 1.90. The Hall–Kier alpha value is -1.76.